The van der Waals surface area contributed by atoms with Crippen molar-refractivity contribution in [1.82, 2.24) is 0 Å². The standard InChI is InChI=1S/C16H16F5OPS3.H2S/c1-7(2)8-4-5-16(3)9(6-8)25-23(24,22-16)26-15-13(20)11(18)10(17)12(19)14(15)21;/h8-9H,1,4-6H2,2-3H3;1H2/t8-,9+,16+,23-;/m0./s1. The van der Waals surface area contributed by atoms with Gasteiger partial charge in [0.25, 0.3) is 0 Å². The molecule has 3 rings (SSSR count). The van der Waals surface area contributed by atoms with Crippen LogP contribution < -0.4 is 0 Å². The molecule has 4 atom stereocenters. The van der Waals surface area contributed by atoms with Gasteiger partial charge in [0, 0.05) is 5.25 Å². The third-order valence-electron chi connectivity index (χ3n) is 4.82. The second kappa shape index (κ2) is 8.19. The van der Waals surface area contributed by atoms with Crippen molar-refractivity contribution in [2.24, 2.45) is 5.92 Å². The highest BCUT2D eigenvalue weighted by Crippen LogP contribution is 2.82. The van der Waals surface area contributed by atoms with E-state index in [4.69, 9.17) is 16.3 Å². The summed E-state index contributed by atoms with van der Waals surface area (Å²) < 4.78 is 71.3. The first-order valence-electron chi connectivity index (χ1n) is 7.83. The molecule has 1 aliphatic carbocycles. The number of hydrogen-bond donors (Lipinski definition) is 0. The summed E-state index contributed by atoms with van der Waals surface area (Å²) in [5.74, 6) is -9.53. The van der Waals surface area contributed by atoms with Crippen molar-refractivity contribution in [3.8, 4) is 0 Å². The molecule has 1 saturated heterocycles. The number of benzene rings is 1. The molecular weight excluding hydrogens is 462 g/mol. The Kier molecular flexibility index (Phi) is 7.14. The molecule has 1 saturated carbocycles. The van der Waals surface area contributed by atoms with E-state index < -0.39 is 44.3 Å². The summed E-state index contributed by atoms with van der Waals surface area (Å²) in [5, 5.41) is -0.00227. The Morgan fingerprint density at radius 3 is 2.22 bits per heavy atom. The Labute approximate surface area is 174 Å². The first-order chi connectivity index (χ1) is 12.0. The third-order valence-corrected chi connectivity index (χ3v) is 13.7. The lowest BCUT2D eigenvalue weighted by atomic mass is 9.77. The number of allylic oxidation sites excluding steroid dienone is 1. The monoisotopic (exact) mass is 480 g/mol. The molecular formula is C16H18F5OPS4. The first-order valence-corrected chi connectivity index (χ1v) is 13.5. The lowest BCUT2D eigenvalue weighted by Crippen LogP contribution is -2.40. The Morgan fingerprint density at radius 1 is 1.19 bits per heavy atom. The lowest BCUT2D eigenvalue weighted by Gasteiger charge is -2.37. The van der Waals surface area contributed by atoms with E-state index in [0.717, 1.165) is 18.4 Å². The van der Waals surface area contributed by atoms with Crippen LogP contribution in [0.2, 0.25) is 0 Å². The summed E-state index contributed by atoms with van der Waals surface area (Å²) in [4.78, 5) is -0.962. The molecule has 0 bridgehead atoms. The molecule has 2 fully saturated rings. The number of hydrogen-bond acceptors (Lipinski definition) is 4. The van der Waals surface area contributed by atoms with E-state index in [9.17, 15) is 22.0 Å². The van der Waals surface area contributed by atoms with Crippen LogP contribution in [-0.4, -0.2) is 10.9 Å². The van der Waals surface area contributed by atoms with Gasteiger partial charge in [0.15, 0.2) is 27.9 Å². The predicted molar refractivity (Wildman–Crippen MR) is 110 cm³/mol. The van der Waals surface area contributed by atoms with E-state index in [1.807, 2.05) is 13.8 Å². The van der Waals surface area contributed by atoms with Crippen molar-refractivity contribution in [2.75, 3.05) is 0 Å². The van der Waals surface area contributed by atoms with Crippen LogP contribution in [0.15, 0.2) is 17.0 Å². The summed E-state index contributed by atoms with van der Waals surface area (Å²) in [6.07, 6.45) is 2.34. The van der Waals surface area contributed by atoms with Crippen molar-refractivity contribution >= 4 is 52.7 Å². The second-order valence-corrected chi connectivity index (χ2v) is 17.1. The maximum absolute atomic E-state index is 14.0. The highest BCUT2D eigenvalue weighted by molar-refractivity contribution is 8.99. The van der Waals surface area contributed by atoms with E-state index in [0.29, 0.717) is 23.7 Å². The fourth-order valence-corrected chi connectivity index (χ4v) is 14.2. The van der Waals surface area contributed by atoms with Gasteiger partial charge in [0.05, 0.1) is 10.5 Å². The van der Waals surface area contributed by atoms with E-state index in [1.165, 1.54) is 11.4 Å². The highest BCUT2D eigenvalue weighted by atomic mass is 33.2. The molecule has 1 aliphatic heterocycles. The van der Waals surface area contributed by atoms with E-state index in [1.54, 1.807) is 0 Å². The van der Waals surface area contributed by atoms with Crippen LogP contribution in [0.5, 0.6) is 0 Å². The van der Waals surface area contributed by atoms with Gasteiger partial charge in [0.2, 0.25) is 5.82 Å². The minimum absolute atomic E-state index is 0. The zero-order chi connectivity index (χ0) is 19.4. The fourth-order valence-electron chi connectivity index (χ4n) is 3.20. The molecule has 11 heteroatoms. The molecule has 0 aromatic heterocycles. The minimum Gasteiger partial charge on any atom is -0.326 e. The summed E-state index contributed by atoms with van der Waals surface area (Å²) in [7, 11) is 0. The zero-order valence-electron chi connectivity index (χ0n) is 14.5. The number of rotatable bonds is 3. The van der Waals surface area contributed by atoms with Crippen LogP contribution in [0.1, 0.15) is 33.1 Å². The molecule has 0 amide bonds. The van der Waals surface area contributed by atoms with Crippen molar-refractivity contribution in [1.29, 1.82) is 0 Å². The van der Waals surface area contributed by atoms with Crippen molar-refractivity contribution in [3.63, 3.8) is 0 Å². The molecule has 0 radical (unpaired) electrons. The molecule has 1 aromatic rings. The smallest absolute Gasteiger partial charge is 0.200 e. The summed E-state index contributed by atoms with van der Waals surface area (Å²) in [6, 6.07) is 0. The molecule has 1 heterocycles. The van der Waals surface area contributed by atoms with Crippen LogP contribution in [0.3, 0.4) is 0 Å². The normalized spacial score (nSPS) is 32.7. The molecule has 27 heavy (non-hydrogen) atoms. The van der Waals surface area contributed by atoms with Gasteiger partial charge in [-0.2, -0.15) is 13.5 Å². The van der Waals surface area contributed by atoms with Gasteiger partial charge in [-0.15, -0.1) is 0 Å². The summed E-state index contributed by atoms with van der Waals surface area (Å²) in [5.41, 5.74) is 0.490. The maximum atomic E-state index is 14.0. The van der Waals surface area contributed by atoms with Crippen LogP contribution in [0.4, 0.5) is 22.0 Å². The highest BCUT2D eigenvalue weighted by Gasteiger charge is 2.53. The molecule has 152 valence electrons. The van der Waals surface area contributed by atoms with Crippen LogP contribution >= 0.6 is 40.9 Å². The van der Waals surface area contributed by atoms with Gasteiger partial charge in [-0.1, -0.05) is 23.5 Å². The quantitative estimate of drug-likeness (QED) is 0.150. The average Bonchev–Trinajstić information content (AvgIpc) is 2.84. The zero-order valence-corrected chi connectivity index (χ0v) is 18.8. The molecule has 1 nitrogen and oxygen atoms in total. The summed E-state index contributed by atoms with van der Waals surface area (Å²) >= 11 is 7.26. The van der Waals surface area contributed by atoms with Gasteiger partial charge in [-0.3, -0.25) is 0 Å². The van der Waals surface area contributed by atoms with Crippen molar-refractivity contribution in [2.45, 2.75) is 48.9 Å². The first kappa shape index (κ1) is 23.5. The molecule has 0 spiro atoms. The Bertz CT molecular complexity index is 807. The molecule has 2 aliphatic rings. The fraction of sp³-hybridized carbons (Fsp3) is 0.500. The maximum Gasteiger partial charge on any atom is 0.200 e. The van der Waals surface area contributed by atoms with E-state index in [-0.39, 0.29) is 18.7 Å². The SMILES string of the molecule is C=C(C)[C@H]1CC[C@@]2(C)O[P@@](=S)(Sc3c(F)c(F)c(F)c(F)c3F)S[C@@H]2C1.S. The third kappa shape index (κ3) is 4.26. The Morgan fingerprint density at radius 2 is 1.70 bits per heavy atom. The van der Waals surface area contributed by atoms with Gasteiger partial charge < -0.3 is 4.52 Å². The molecule has 0 unspecified atom stereocenters. The van der Waals surface area contributed by atoms with E-state index >= 15 is 0 Å². The van der Waals surface area contributed by atoms with Crippen molar-refractivity contribution < 1.29 is 26.5 Å². The van der Waals surface area contributed by atoms with Crippen LogP contribution in [0, 0.1) is 35.0 Å². The predicted octanol–water partition coefficient (Wildman–Crippen LogP) is 7.08. The Hall–Kier alpha value is 0.270. The topological polar surface area (TPSA) is 9.23 Å². The van der Waals surface area contributed by atoms with E-state index in [2.05, 4.69) is 6.58 Å². The van der Waals surface area contributed by atoms with Crippen molar-refractivity contribution in [3.05, 3.63) is 41.2 Å². The summed E-state index contributed by atoms with van der Waals surface area (Å²) in [6.45, 7) is 7.83. The van der Waals surface area contributed by atoms with Crippen LogP contribution in [-0.2, 0) is 16.3 Å². The average molecular weight is 481 g/mol. The Balaban J connectivity index is 0.00000261. The van der Waals surface area contributed by atoms with Crippen LogP contribution in [0.25, 0.3) is 0 Å². The number of fused-ring (bicyclic) bond motifs is 1. The largest absolute Gasteiger partial charge is 0.326 e. The van der Waals surface area contributed by atoms with Gasteiger partial charge in [-0.05, 0) is 62.2 Å². The second-order valence-electron chi connectivity index (χ2n) is 6.75. The lowest BCUT2D eigenvalue weighted by molar-refractivity contribution is 0.0696. The molecule has 1 aromatic carbocycles. The minimum atomic E-state index is -2.93. The van der Waals surface area contributed by atoms with Gasteiger partial charge in [0.1, 0.15) is 0 Å². The molecule has 0 N–H and O–H groups in total. The number of halogens is 5. The van der Waals surface area contributed by atoms with Gasteiger partial charge in [-0.25, -0.2) is 22.0 Å². The van der Waals surface area contributed by atoms with Gasteiger partial charge >= 0.3 is 0 Å².